The summed E-state index contributed by atoms with van der Waals surface area (Å²) >= 11 is 0. The van der Waals surface area contributed by atoms with Crippen LogP contribution < -0.4 is 15.7 Å². The summed E-state index contributed by atoms with van der Waals surface area (Å²) in [6, 6.07) is 8.45. The molecule has 0 radical (unpaired) electrons. The number of amides is 3. The molecule has 0 saturated carbocycles. The molecule has 30 heavy (non-hydrogen) atoms. The monoisotopic (exact) mass is 413 g/mol. The zero-order chi connectivity index (χ0) is 20.7. The molecule has 3 saturated heterocycles. The first kappa shape index (κ1) is 18.9. The second-order valence-electron chi connectivity index (χ2n) is 8.05. The number of nitrogens with zero attached hydrogens (tertiary/aromatic N) is 2. The van der Waals surface area contributed by atoms with Crippen LogP contribution >= 0.6 is 0 Å². The number of hydrogen-bond acceptors (Lipinski definition) is 6. The zero-order valence-electron chi connectivity index (χ0n) is 16.4. The second kappa shape index (κ2) is 7.64. The fourth-order valence-electron chi connectivity index (χ4n) is 4.31. The Hall–Kier alpha value is -3.07. The van der Waals surface area contributed by atoms with Gasteiger partial charge in [0.15, 0.2) is 0 Å². The number of piperidine rings is 1. The van der Waals surface area contributed by atoms with Crippen molar-refractivity contribution in [1.82, 2.24) is 15.1 Å². The Balaban J connectivity index is 1.14. The molecule has 3 fully saturated rings. The van der Waals surface area contributed by atoms with Gasteiger partial charge in [0.05, 0.1) is 30.2 Å². The van der Waals surface area contributed by atoms with Crippen molar-refractivity contribution in [3.8, 4) is 5.75 Å². The maximum atomic E-state index is 12.8. The SMILES string of the molecule is O=C1CO[C@H]2CCN(C(=O)N3CC(COc4cc(=O)oc5ccccc45)C3)C[C@H]2N1. The lowest BCUT2D eigenvalue weighted by Gasteiger charge is -2.46. The Morgan fingerprint density at radius 3 is 2.87 bits per heavy atom. The molecule has 2 atom stereocenters. The predicted molar refractivity (Wildman–Crippen MR) is 106 cm³/mol. The molecule has 3 aliphatic rings. The van der Waals surface area contributed by atoms with E-state index < -0.39 is 5.63 Å². The molecular formula is C21H23N3O6. The van der Waals surface area contributed by atoms with Crippen LogP contribution in [0, 0.1) is 5.92 Å². The average Bonchev–Trinajstić information content (AvgIpc) is 2.71. The van der Waals surface area contributed by atoms with Gasteiger partial charge in [-0.05, 0) is 18.6 Å². The van der Waals surface area contributed by atoms with Gasteiger partial charge in [0.2, 0.25) is 5.91 Å². The van der Waals surface area contributed by atoms with Crippen molar-refractivity contribution >= 4 is 22.9 Å². The van der Waals surface area contributed by atoms with E-state index >= 15 is 0 Å². The van der Waals surface area contributed by atoms with Gasteiger partial charge in [-0.25, -0.2) is 9.59 Å². The highest BCUT2D eigenvalue weighted by Gasteiger charge is 2.40. The summed E-state index contributed by atoms with van der Waals surface area (Å²) in [6.45, 7) is 2.82. The van der Waals surface area contributed by atoms with Crippen LogP contribution in [0.25, 0.3) is 11.0 Å². The Morgan fingerprint density at radius 1 is 1.17 bits per heavy atom. The molecule has 3 amide bonds. The Labute approximate surface area is 172 Å². The molecule has 5 rings (SSSR count). The summed E-state index contributed by atoms with van der Waals surface area (Å²) in [6.07, 6.45) is 0.711. The lowest BCUT2D eigenvalue weighted by molar-refractivity contribution is -0.139. The Morgan fingerprint density at radius 2 is 2.00 bits per heavy atom. The molecule has 2 aromatic rings. The molecule has 0 spiro atoms. The van der Waals surface area contributed by atoms with Crippen molar-refractivity contribution in [3.63, 3.8) is 0 Å². The van der Waals surface area contributed by atoms with Gasteiger partial charge in [-0.2, -0.15) is 0 Å². The van der Waals surface area contributed by atoms with Gasteiger partial charge in [-0.3, -0.25) is 4.79 Å². The summed E-state index contributed by atoms with van der Waals surface area (Å²) in [5, 5.41) is 3.67. The lowest BCUT2D eigenvalue weighted by atomic mass is 9.99. The van der Waals surface area contributed by atoms with Crippen LogP contribution in [-0.4, -0.2) is 73.3 Å². The van der Waals surface area contributed by atoms with Gasteiger partial charge in [-0.1, -0.05) is 12.1 Å². The van der Waals surface area contributed by atoms with Crippen molar-refractivity contribution in [2.24, 2.45) is 5.92 Å². The third-order valence-electron chi connectivity index (χ3n) is 5.91. The topological polar surface area (TPSA) is 101 Å². The maximum Gasteiger partial charge on any atom is 0.339 e. The number of fused-ring (bicyclic) bond motifs is 2. The number of benzene rings is 1. The van der Waals surface area contributed by atoms with Crippen LogP contribution in [0.3, 0.4) is 0 Å². The largest absolute Gasteiger partial charge is 0.492 e. The van der Waals surface area contributed by atoms with Gasteiger partial charge < -0.3 is 29.0 Å². The van der Waals surface area contributed by atoms with Crippen molar-refractivity contribution in [3.05, 3.63) is 40.8 Å². The molecule has 1 aromatic heterocycles. The summed E-state index contributed by atoms with van der Waals surface area (Å²) < 4.78 is 16.6. The van der Waals surface area contributed by atoms with Crippen LogP contribution in [0.15, 0.2) is 39.5 Å². The fraction of sp³-hybridized carbons (Fsp3) is 0.476. The molecule has 1 N–H and O–H groups in total. The summed E-state index contributed by atoms with van der Waals surface area (Å²) in [5.74, 6) is 0.575. The molecule has 1 aromatic carbocycles. The molecule has 9 nitrogen and oxygen atoms in total. The number of carbonyl (C=O) groups excluding carboxylic acids is 2. The predicted octanol–water partition coefficient (Wildman–Crippen LogP) is 0.813. The quantitative estimate of drug-likeness (QED) is 0.748. The van der Waals surface area contributed by atoms with Crippen molar-refractivity contribution < 1.29 is 23.5 Å². The van der Waals surface area contributed by atoms with Crippen LogP contribution in [-0.2, 0) is 9.53 Å². The van der Waals surface area contributed by atoms with Crippen LogP contribution in [0.5, 0.6) is 5.75 Å². The van der Waals surface area contributed by atoms with E-state index in [1.165, 1.54) is 6.07 Å². The maximum absolute atomic E-state index is 12.8. The van der Waals surface area contributed by atoms with E-state index in [4.69, 9.17) is 13.9 Å². The molecule has 0 unspecified atom stereocenters. The van der Waals surface area contributed by atoms with E-state index in [9.17, 15) is 14.4 Å². The molecule has 158 valence electrons. The first-order valence-corrected chi connectivity index (χ1v) is 10.2. The number of likely N-dealkylation sites (tertiary alicyclic amines) is 2. The van der Waals surface area contributed by atoms with Crippen molar-refractivity contribution in [2.75, 3.05) is 39.4 Å². The summed E-state index contributed by atoms with van der Waals surface area (Å²) in [5.41, 5.74) is 0.0453. The minimum absolute atomic E-state index is 0.0115. The number of carbonyl (C=O) groups is 2. The molecule has 0 aliphatic carbocycles. The number of hydrogen-bond donors (Lipinski definition) is 1. The number of urea groups is 1. The number of para-hydroxylation sites is 1. The zero-order valence-corrected chi connectivity index (χ0v) is 16.4. The molecule has 9 heteroatoms. The standard InChI is InChI=1S/C21H23N3O6/c25-19-12-29-17-5-6-23(10-15(17)22-19)21(27)24-8-13(9-24)11-28-18-7-20(26)30-16-4-2-1-3-14(16)18/h1-4,7,13,15,17H,5-6,8-12H2,(H,22,25)/t15-,17+/m1/s1. The first-order chi connectivity index (χ1) is 14.6. The molecule has 4 heterocycles. The minimum Gasteiger partial charge on any atom is -0.492 e. The highest BCUT2D eigenvalue weighted by molar-refractivity contribution is 5.83. The Bertz CT molecular complexity index is 1030. The highest BCUT2D eigenvalue weighted by atomic mass is 16.5. The summed E-state index contributed by atoms with van der Waals surface area (Å²) in [4.78, 5) is 39.6. The first-order valence-electron chi connectivity index (χ1n) is 10.2. The third-order valence-corrected chi connectivity index (χ3v) is 5.91. The van der Waals surface area contributed by atoms with E-state index in [0.717, 1.165) is 11.8 Å². The number of ether oxygens (including phenoxy) is 2. The molecule has 3 aliphatic heterocycles. The number of nitrogens with one attached hydrogen (secondary N) is 1. The lowest BCUT2D eigenvalue weighted by Crippen LogP contribution is -2.64. The average molecular weight is 413 g/mol. The fourth-order valence-corrected chi connectivity index (χ4v) is 4.31. The van der Waals surface area contributed by atoms with Gasteiger partial charge in [0, 0.05) is 32.1 Å². The molecule has 0 bridgehead atoms. The minimum atomic E-state index is -0.448. The third kappa shape index (κ3) is 3.60. The van der Waals surface area contributed by atoms with E-state index in [2.05, 4.69) is 5.32 Å². The smallest absolute Gasteiger partial charge is 0.339 e. The van der Waals surface area contributed by atoms with Crippen molar-refractivity contribution in [1.29, 1.82) is 0 Å². The summed E-state index contributed by atoms with van der Waals surface area (Å²) in [7, 11) is 0. The normalized spacial score (nSPS) is 24.2. The van der Waals surface area contributed by atoms with Gasteiger partial charge >= 0.3 is 11.7 Å². The van der Waals surface area contributed by atoms with E-state index in [0.29, 0.717) is 44.1 Å². The van der Waals surface area contributed by atoms with Crippen molar-refractivity contribution in [2.45, 2.75) is 18.6 Å². The number of rotatable bonds is 3. The van der Waals surface area contributed by atoms with Crippen LogP contribution in [0.4, 0.5) is 4.79 Å². The van der Waals surface area contributed by atoms with E-state index in [1.54, 1.807) is 21.9 Å². The second-order valence-corrected chi connectivity index (χ2v) is 8.05. The van der Waals surface area contributed by atoms with Crippen LogP contribution in [0.2, 0.25) is 0 Å². The van der Waals surface area contributed by atoms with Gasteiger partial charge in [0.1, 0.15) is 17.9 Å². The molecular weight excluding hydrogens is 390 g/mol. The Kier molecular flexibility index (Phi) is 4.82. The van der Waals surface area contributed by atoms with Gasteiger partial charge in [0.25, 0.3) is 0 Å². The van der Waals surface area contributed by atoms with Gasteiger partial charge in [-0.15, -0.1) is 0 Å². The number of morpholine rings is 1. The van der Waals surface area contributed by atoms with E-state index in [1.807, 2.05) is 12.1 Å². The van der Waals surface area contributed by atoms with E-state index in [-0.39, 0.29) is 36.6 Å². The van der Waals surface area contributed by atoms with Crippen LogP contribution in [0.1, 0.15) is 6.42 Å². The highest BCUT2D eigenvalue weighted by Crippen LogP contribution is 2.26.